The molecule has 34 heavy (non-hydrogen) atoms. The number of amides is 2. The Hall–Kier alpha value is -4.18. The number of aryl methyl sites for hydroxylation is 1. The number of hydrogen-bond donors (Lipinski definition) is 3. The quantitative estimate of drug-likeness (QED) is 0.371. The van der Waals surface area contributed by atoms with E-state index in [-0.39, 0.29) is 17.7 Å². The number of carbonyl (C=O) groups excluding carboxylic acids is 1. The zero-order valence-electron chi connectivity index (χ0n) is 18.2. The molecule has 0 bridgehead atoms. The largest absolute Gasteiger partial charge is 0.481 e. The van der Waals surface area contributed by atoms with Crippen molar-refractivity contribution in [2.45, 2.75) is 17.7 Å². The number of anilines is 1. The molecular formula is C24H22N4O5S. The van der Waals surface area contributed by atoms with Gasteiger partial charge in [0, 0.05) is 48.7 Å². The van der Waals surface area contributed by atoms with Crippen LogP contribution < -0.4 is 10.6 Å². The van der Waals surface area contributed by atoms with Gasteiger partial charge in [0.15, 0.2) is 0 Å². The Kier molecular flexibility index (Phi) is 6.33. The lowest BCUT2D eigenvalue weighted by Crippen LogP contribution is -2.24. The average Bonchev–Trinajstić information content (AvgIpc) is 3.22. The third-order valence-electron chi connectivity index (χ3n) is 5.35. The molecule has 0 spiro atoms. The smallest absolute Gasteiger partial charge is 0.318 e. The average molecular weight is 479 g/mol. The number of aromatic nitrogens is 2. The summed E-state index contributed by atoms with van der Waals surface area (Å²) in [6, 6.07) is 14.5. The van der Waals surface area contributed by atoms with Crippen molar-refractivity contribution in [3.8, 4) is 11.1 Å². The van der Waals surface area contributed by atoms with Crippen LogP contribution >= 0.6 is 0 Å². The van der Waals surface area contributed by atoms with Crippen molar-refractivity contribution in [2.75, 3.05) is 12.4 Å². The molecule has 3 N–H and O–H groups in total. The lowest BCUT2D eigenvalue weighted by atomic mass is 10.0. The summed E-state index contributed by atoms with van der Waals surface area (Å²) in [6.45, 7) is 0. The second kappa shape index (κ2) is 9.36. The van der Waals surface area contributed by atoms with Crippen LogP contribution in [-0.4, -0.2) is 41.5 Å². The Morgan fingerprint density at radius 3 is 2.47 bits per heavy atom. The maximum Gasteiger partial charge on any atom is 0.318 e. The summed E-state index contributed by atoms with van der Waals surface area (Å²) in [5.41, 5.74) is 3.21. The van der Waals surface area contributed by atoms with Gasteiger partial charge in [0.2, 0.25) is 0 Å². The molecule has 2 aromatic carbocycles. The van der Waals surface area contributed by atoms with Crippen molar-refractivity contribution in [1.29, 1.82) is 0 Å². The van der Waals surface area contributed by atoms with E-state index in [9.17, 15) is 18.0 Å². The first-order chi connectivity index (χ1) is 16.3. The molecule has 0 aliphatic heterocycles. The first kappa shape index (κ1) is 23.0. The fourth-order valence-electron chi connectivity index (χ4n) is 3.64. The van der Waals surface area contributed by atoms with Crippen molar-refractivity contribution in [3.63, 3.8) is 0 Å². The standard InChI is InChI=1S/C24H22N4O5S/c1-25-24(31)27-19-6-8-20(9-7-19)34(32,33)28-15-18(5-11-23(29)30)21-13-16(4-10-22(21)28)17-3-2-12-26-14-17/h2-4,6-10,12-15H,5,11H2,1H3,(H,29,30)(H2,25,27,31). The monoisotopic (exact) mass is 478 g/mol. The second-order valence-corrected chi connectivity index (χ2v) is 9.37. The molecule has 0 atom stereocenters. The first-order valence-corrected chi connectivity index (χ1v) is 11.8. The normalized spacial score (nSPS) is 11.3. The van der Waals surface area contributed by atoms with Crippen LogP contribution in [0.2, 0.25) is 0 Å². The lowest BCUT2D eigenvalue weighted by molar-refractivity contribution is -0.136. The number of carbonyl (C=O) groups is 2. The minimum absolute atomic E-state index is 0.0352. The molecule has 2 aromatic heterocycles. The number of urea groups is 1. The van der Waals surface area contributed by atoms with Crippen LogP contribution in [0, 0.1) is 0 Å². The number of rotatable bonds is 7. The zero-order valence-corrected chi connectivity index (χ0v) is 19.0. The van der Waals surface area contributed by atoms with Gasteiger partial charge in [-0.1, -0.05) is 12.1 Å². The van der Waals surface area contributed by atoms with Crippen LogP contribution in [0.5, 0.6) is 0 Å². The highest BCUT2D eigenvalue weighted by Gasteiger charge is 2.22. The first-order valence-electron chi connectivity index (χ1n) is 10.4. The van der Waals surface area contributed by atoms with Crippen molar-refractivity contribution >= 4 is 38.6 Å². The third kappa shape index (κ3) is 4.62. The Balaban J connectivity index is 1.79. The molecule has 4 aromatic rings. The number of nitrogens with zero attached hydrogens (tertiary/aromatic N) is 2. The third-order valence-corrected chi connectivity index (χ3v) is 7.04. The Bertz CT molecular complexity index is 1460. The fraction of sp³-hybridized carbons (Fsp3) is 0.125. The summed E-state index contributed by atoms with van der Waals surface area (Å²) in [4.78, 5) is 26.8. The predicted molar refractivity (Wildman–Crippen MR) is 128 cm³/mol. The Morgan fingerprint density at radius 1 is 1.06 bits per heavy atom. The van der Waals surface area contributed by atoms with E-state index in [0.717, 1.165) is 11.1 Å². The van der Waals surface area contributed by atoms with Gasteiger partial charge in [-0.3, -0.25) is 9.78 Å². The van der Waals surface area contributed by atoms with Crippen LogP contribution in [0.4, 0.5) is 10.5 Å². The van der Waals surface area contributed by atoms with Gasteiger partial charge >= 0.3 is 12.0 Å². The number of pyridine rings is 1. The second-order valence-electron chi connectivity index (χ2n) is 7.55. The highest BCUT2D eigenvalue weighted by molar-refractivity contribution is 7.90. The molecule has 0 saturated carbocycles. The van der Waals surface area contributed by atoms with Crippen LogP contribution in [-0.2, 0) is 21.2 Å². The molecule has 10 heteroatoms. The van der Waals surface area contributed by atoms with Gasteiger partial charge in [-0.15, -0.1) is 0 Å². The molecule has 2 heterocycles. The molecule has 9 nitrogen and oxygen atoms in total. The molecule has 2 amide bonds. The minimum atomic E-state index is -3.98. The van der Waals surface area contributed by atoms with E-state index in [1.807, 2.05) is 24.3 Å². The van der Waals surface area contributed by atoms with E-state index in [4.69, 9.17) is 5.11 Å². The van der Waals surface area contributed by atoms with Gasteiger partial charge in [0.1, 0.15) is 0 Å². The topological polar surface area (TPSA) is 130 Å². The maximum absolute atomic E-state index is 13.5. The van der Waals surface area contributed by atoms with E-state index in [0.29, 0.717) is 22.2 Å². The Morgan fingerprint density at radius 2 is 1.82 bits per heavy atom. The summed E-state index contributed by atoms with van der Waals surface area (Å²) in [5.74, 6) is -0.966. The number of aliphatic carboxylic acids is 1. The van der Waals surface area contributed by atoms with Crippen LogP contribution in [0.15, 0.2) is 78.1 Å². The molecule has 0 unspecified atom stereocenters. The van der Waals surface area contributed by atoms with Crippen LogP contribution in [0.25, 0.3) is 22.0 Å². The fourth-order valence-corrected chi connectivity index (χ4v) is 5.03. The number of carboxylic acid groups (broad SMARTS) is 1. The van der Waals surface area contributed by atoms with E-state index in [1.165, 1.54) is 41.5 Å². The molecule has 174 valence electrons. The maximum atomic E-state index is 13.5. The van der Waals surface area contributed by atoms with Gasteiger partial charge in [-0.25, -0.2) is 17.2 Å². The number of nitrogens with one attached hydrogen (secondary N) is 2. The highest BCUT2D eigenvalue weighted by atomic mass is 32.2. The number of carboxylic acids is 1. The molecule has 0 fully saturated rings. The summed E-state index contributed by atoms with van der Waals surface area (Å²) in [6.07, 6.45) is 4.90. The number of fused-ring (bicyclic) bond motifs is 1. The summed E-state index contributed by atoms with van der Waals surface area (Å²) in [5, 5.41) is 14.8. The molecule has 0 aliphatic rings. The van der Waals surface area contributed by atoms with Crippen molar-refractivity contribution in [3.05, 3.63) is 78.8 Å². The SMILES string of the molecule is CNC(=O)Nc1ccc(S(=O)(=O)n2cc(CCC(=O)O)c3cc(-c4cccnc4)ccc32)cc1. The van der Waals surface area contributed by atoms with Crippen molar-refractivity contribution < 1.29 is 23.1 Å². The highest BCUT2D eigenvalue weighted by Crippen LogP contribution is 2.31. The van der Waals surface area contributed by atoms with Gasteiger partial charge in [-0.05, 0) is 60.0 Å². The number of benzene rings is 2. The van der Waals surface area contributed by atoms with Gasteiger partial charge < -0.3 is 15.7 Å². The zero-order chi connectivity index (χ0) is 24.3. The molecule has 0 radical (unpaired) electrons. The number of hydrogen-bond acceptors (Lipinski definition) is 5. The molecule has 0 saturated heterocycles. The molecule has 4 rings (SSSR count). The van der Waals surface area contributed by atoms with Crippen molar-refractivity contribution in [2.24, 2.45) is 0 Å². The lowest BCUT2D eigenvalue weighted by Gasteiger charge is -2.10. The van der Waals surface area contributed by atoms with Crippen LogP contribution in [0.1, 0.15) is 12.0 Å². The Labute approximate surface area is 196 Å². The summed E-state index contributed by atoms with van der Waals surface area (Å²) in [7, 11) is -2.50. The molecule has 0 aliphatic carbocycles. The minimum Gasteiger partial charge on any atom is -0.481 e. The van der Waals surface area contributed by atoms with Gasteiger partial charge in [-0.2, -0.15) is 0 Å². The predicted octanol–water partition coefficient (Wildman–Crippen LogP) is 3.71. The van der Waals surface area contributed by atoms with E-state index >= 15 is 0 Å². The van der Waals surface area contributed by atoms with Gasteiger partial charge in [0.05, 0.1) is 10.4 Å². The summed E-state index contributed by atoms with van der Waals surface area (Å²) >= 11 is 0. The molecular weight excluding hydrogens is 456 g/mol. The van der Waals surface area contributed by atoms with Gasteiger partial charge in [0.25, 0.3) is 10.0 Å². The van der Waals surface area contributed by atoms with E-state index in [1.54, 1.807) is 18.5 Å². The van der Waals surface area contributed by atoms with Crippen LogP contribution in [0.3, 0.4) is 0 Å². The summed E-state index contributed by atoms with van der Waals surface area (Å²) < 4.78 is 28.1. The van der Waals surface area contributed by atoms with Crippen molar-refractivity contribution in [1.82, 2.24) is 14.3 Å². The van der Waals surface area contributed by atoms with E-state index < -0.39 is 22.0 Å². The van der Waals surface area contributed by atoms with E-state index in [2.05, 4.69) is 15.6 Å².